The SMILES string of the molecule is O=S(=O)(Oc1ccccc1-c1ccccc1)c1ccccc1Cl. The van der Waals surface area contributed by atoms with Crippen LogP contribution in [-0.4, -0.2) is 8.42 Å². The molecule has 116 valence electrons. The molecule has 0 unspecified atom stereocenters. The zero-order chi connectivity index (χ0) is 16.3. The molecule has 0 aromatic heterocycles. The Morgan fingerprint density at radius 3 is 2.09 bits per heavy atom. The number of para-hydroxylation sites is 1. The van der Waals surface area contributed by atoms with Crippen molar-refractivity contribution >= 4 is 21.7 Å². The van der Waals surface area contributed by atoms with Crippen molar-refractivity contribution in [1.82, 2.24) is 0 Å². The monoisotopic (exact) mass is 344 g/mol. The molecule has 0 heterocycles. The first-order valence-electron chi connectivity index (χ1n) is 6.91. The van der Waals surface area contributed by atoms with Crippen LogP contribution in [0.4, 0.5) is 0 Å². The molecule has 0 N–H and O–H groups in total. The van der Waals surface area contributed by atoms with Gasteiger partial charge in [-0.1, -0.05) is 72.3 Å². The third kappa shape index (κ3) is 3.38. The van der Waals surface area contributed by atoms with Crippen molar-refractivity contribution in [2.45, 2.75) is 4.90 Å². The fraction of sp³-hybridized carbons (Fsp3) is 0. The van der Waals surface area contributed by atoms with Gasteiger partial charge in [0.15, 0.2) is 5.75 Å². The summed E-state index contributed by atoms with van der Waals surface area (Å²) in [7, 11) is -4.01. The lowest BCUT2D eigenvalue weighted by atomic mass is 10.1. The van der Waals surface area contributed by atoms with Crippen LogP contribution in [0.1, 0.15) is 0 Å². The van der Waals surface area contributed by atoms with Gasteiger partial charge in [-0.15, -0.1) is 0 Å². The smallest absolute Gasteiger partial charge is 0.340 e. The van der Waals surface area contributed by atoms with E-state index in [0.717, 1.165) is 5.56 Å². The molecule has 3 aromatic carbocycles. The van der Waals surface area contributed by atoms with Crippen LogP contribution in [0, 0.1) is 0 Å². The first kappa shape index (κ1) is 15.6. The minimum atomic E-state index is -4.01. The Labute approximate surface area is 140 Å². The molecule has 3 nitrogen and oxygen atoms in total. The number of benzene rings is 3. The molecule has 0 bridgehead atoms. The van der Waals surface area contributed by atoms with Crippen molar-refractivity contribution in [2.75, 3.05) is 0 Å². The topological polar surface area (TPSA) is 43.4 Å². The van der Waals surface area contributed by atoms with Crippen molar-refractivity contribution in [3.8, 4) is 16.9 Å². The third-order valence-corrected chi connectivity index (χ3v) is 5.01. The lowest BCUT2D eigenvalue weighted by molar-refractivity contribution is 0.487. The molecular weight excluding hydrogens is 332 g/mol. The summed E-state index contributed by atoms with van der Waals surface area (Å²) in [4.78, 5) is -0.0514. The van der Waals surface area contributed by atoms with E-state index in [1.807, 2.05) is 42.5 Å². The van der Waals surface area contributed by atoms with E-state index in [1.165, 1.54) is 12.1 Å². The Hall–Kier alpha value is -2.30. The summed E-state index contributed by atoms with van der Waals surface area (Å²) in [5.74, 6) is 0.263. The summed E-state index contributed by atoms with van der Waals surface area (Å²) in [6.07, 6.45) is 0. The van der Waals surface area contributed by atoms with Gasteiger partial charge in [0, 0.05) is 5.56 Å². The highest BCUT2D eigenvalue weighted by Crippen LogP contribution is 2.32. The first-order valence-corrected chi connectivity index (χ1v) is 8.70. The molecule has 5 heteroatoms. The predicted octanol–water partition coefficient (Wildman–Crippen LogP) is 4.77. The number of hydrogen-bond donors (Lipinski definition) is 0. The molecule has 0 radical (unpaired) electrons. The third-order valence-electron chi connectivity index (χ3n) is 3.28. The average Bonchev–Trinajstić information content (AvgIpc) is 2.56. The maximum atomic E-state index is 12.5. The molecule has 0 atom stereocenters. The van der Waals surface area contributed by atoms with Crippen LogP contribution in [0.25, 0.3) is 11.1 Å². The summed E-state index contributed by atoms with van der Waals surface area (Å²) in [6.45, 7) is 0. The van der Waals surface area contributed by atoms with Crippen LogP contribution in [-0.2, 0) is 10.1 Å². The Morgan fingerprint density at radius 2 is 1.35 bits per heavy atom. The van der Waals surface area contributed by atoms with E-state index in [2.05, 4.69) is 0 Å². The second-order valence-electron chi connectivity index (χ2n) is 4.83. The molecule has 0 spiro atoms. The predicted molar refractivity (Wildman–Crippen MR) is 91.1 cm³/mol. The molecule has 3 aromatic rings. The van der Waals surface area contributed by atoms with E-state index in [4.69, 9.17) is 15.8 Å². The Bertz CT molecular complexity index is 922. The second-order valence-corrected chi connectivity index (χ2v) is 6.75. The minimum Gasteiger partial charge on any atom is -0.378 e. The Kier molecular flexibility index (Phi) is 4.37. The van der Waals surface area contributed by atoms with Gasteiger partial charge in [0.25, 0.3) is 0 Å². The summed E-state index contributed by atoms with van der Waals surface area (Å²) in [5.41, 5.74) is 1.57. The highest BCUT2D eigenvalue weighted by atomic mass is 35.5. The fourth-order valence-electron chi connectivity index (χ4n) is 2.21. The van der Waals surface area contributed by atoms with Gasteiger partial charge in [-0.25, -0.2) is 0 Å². The second kappa shape index (κ2) is 6.44. The minimum absolute atomic E-state index is 0.0514. The molecule has 0 saturated carbocycles. The summed E-state index contributed by atoms with van der Waals surface area (Å²) >= 11 is 5.97. The van der Waals surface area contributed by atoms with E-state index in [1.54, 1.807) is 24.3 Å². The van der Waals surface area contributed by atoms with Crippen LogP contribution >= 0.6 is 11.6 Å². The largest absolute Gasteiger partial charge is 0.378 e. The zero-order valence-electron chi connectivity index (χ0n) is 12.0. The molecule has 0 amide bonds. The lowest BCUT2D eigenvalue weighted by Crippen LogP contribution is -2.10. The highest BCUT2D eigenvalue weighted by molar-refractivity contribution is 7.87. The van der Waals surface area contributed by atoms with Gasteiger partial charge in [0.05, 0.1) is 5.02 Å². The van der Waals surface area contributed by atoms with Gasteiger partial charge >= 0.3 is 10.1 Å². The number of halogens is 1. The summed E-state index contributed by atoms with van der Waals surface area (Å²) < 4.78 is 30.3. The van der Waals surface area contributed by atoms with Crippen LogP contribution in [0.5, 0.6) is 5.75 Å². The Morgan fingerprint density at radius 1 is 0.739 bits per heavy atom. The molecule has 3 rings (SSSR count). The maximum absolute atomic E-state index is 12.5. The molecular formula is C18H13ClO3S. The van der Waals surface area contributed by atoms with Crippen molar-refractivity contribution < 1.29 is 12.6 Å². The van der Waals surface area contributed by atoms with Crippen LogP contribution in [0.2, 0.25) is 5.02 Å². The fourth-order valence-corrected chi connectivity index (χ4v) is 3.65. The van der Waals surface area contributed by atoms with Crippen LogP contribution in [0.3, 0.4) is 0 Å². The molecule has 0 aliphatic heterocycles. The van der Waals surface area contributed by atoms with Crippen molar-refractivity contribution in [3.63, 3.8) is 0 Å². The van der Waals surface area contributed by atoms with Crippen molar-refractivity contribution in [3.05, 3.63) is 83.9 Å². The lowest BCUT2D eigenvalue weighted by Gasteiger charge is -2.12. The maximum Gasteiger partial charge on any atom is 0.340 e. The molecule has 0 fully saturated rings. The molecule has 23 heavy (non-hydrogen) atoms. The van der Waals surface area contributed by atoms with Gasteiger partial charge in [-0.2, -0.15) is 8.42 Å². The average molecular weight is 345 g/mol. The van der Waals surface area contributed by atoms with Gasteiger partial charge in [0.2, 0.25) is 0 Å². The molecule has 0 saturated heterocycles. The first-order chi connectivity index (χ1) is 11.1. The van der Waals surface area contributed by atoms with E-state index in [9.17, 15) is 8.42 Å². The van der Waals surface area contributed by atoms with Gasteiger partial charge in [-0.05, 0) is 23.8 Å². The highest BCUT2D eigenvalue weighted by Gasteiger charge is 2.21. The Balaban J connectivity index is 2.03. The van der Waals surface area contributed by atoms with Crippen molar-refractivity contribution in [2.24, 2.45) is 0 Å². The van der Waals surface area contributed by atoms with Gasteiger partial charge < -0.3 is 4.18 Å². The summed E-state index contributed by atoms with van der Waals surface area (Å²) in [6, 6.07) is 22.6. The number of hydrogen-bond acceptors (Lipinski definition) is 3. The number of rotatable bonds is 4. The van der Waals surface area contributed by atoms with E-state index < -0.39 is 10.1 Å². The summed E-state index contributed by atoms with van der Waals surface area (Å²) in [5, 5.41) is 0.129. The zero-order valence-corrected chi connectivity index (χ0v) is 13.6. The van der Waals surface area contributed by atoms with Gasteiger partial charge in [0.1, 0.15) is 4.90 Å². The molecule has 0 aliphatic rings. The normalized spacial score (nSPS) is 11.2. The molecule has 0 aliphatic carbocycles. The van der Waals surface area contributed by atoms with Crippen LogP contribution < -0.4 is 4.18 Å². The standard InChI is InChI=1S/C18H13ClO3S/c19-16-11-5-7-13-18(16)23(20,21)22-17-12-6-4-10-15(17)14-8-2-1-3-9-14/h1-13H. The van der Waals surface area contributed by atoms with Crippen molar-refractivity contribution in [1.29, 1.82) is 0 Å². The van der Waals surface area contributed by atoms with E-state index >= 15 is 0 Å². The van der Waals surface area contributed by atoms with Crippen LogP contribution in [0.15, 0.2) is 83.8 Å². The van der Waals surface area contributed by atoms with E-state index in [-0.39, 0.29) is 15.7 Å². The van der Waals surface area contributed by atoms with E-state index in [0.29, 0.717) is 5.56 Å². The van der Waals surface area contributed by atoms with Gasteiger partial charge in [-0.3, -0.25) is 0 Å². The quantitative estimate of drug-likeness (QED) is 0.640.